The van der Waals surface area contributed by atoms with Crippen LogP contribution in [-0.2, 0) is 24.3 Å². The summed E-state index contributed by atoms with van der Waals surface area (Å²) in [5, 5.41) is 5.48. The molecule has 3 aliphatic heterocycles. The predicted octanol–water partition coefficient (Wildman–Crippen LogP) is 5.21. The Morgan fingerprint density at radius 2 is 1.76 bits per heavy atom. The predicted molar refractivity (Wildman–Crippen MR) is 175 cm³/mol. The van der Waals surface area contributed by atoms with E-state index >= 15 is 0 Å². The molecule has 0 aliphatic carbocycles. The maximum atomic E-state index is 13.6. The third-order valence-corrected chi connectivity index (χ3v) is 11.5. The molecule has 0 bridgehead atoms. The summed E-state index contributed by atoms with van der Waals surface area (Å²) in [5.41, 5.74) is 2.71. The van der Waals surface area contributed by atoms with E-state index in [1.54, 1.807) is 40.2 Å². The summed E-state index contributed by atoms with van der Waals surface area (Å²) in [6.07, 6.45) is 6.62. The van der Waals surface area contributed by atoms with Crippen LogP contribution in [0.15, 0.2) is 75.6 Å². The highest BCUT2D eigenvalue weighted by atomic mass is 32.2. The van der Waals surface area contributed by atoms with E-state index in [1.165, 1.54) is 11.8 Å². The van der Waals surface area contributed by atoms with E-state index in [2.05, 4.69) is 11.9 Å². The van der Waals surface area contributed by atoms with Gasteiger partial charge < -0.3 is 9.64 Å². The zero-order valence-corrected chi connectivity index (χ0v) is 27.1. The first-order valence-electron chi connectivity index (χ1n) is 15.4. The summed E-state index contributed by atoms with van der Waals surface area (Å²) >= 11 is 1.31. The van der Waals surface area contributed by atoms with E-state index in [-0.39, 0.29) is 22.7 Å². The van der Waals surface area contributed by atoms with Crippen molar-refractivity contribution < 1.29 is 22.7 Å². The fourth-order valence-electron chi connectivity index (χ4n) is 5.85. The zero-order valence-electron chi connectivity index (χ0n) is 25.5. The Morgan fingerprint density at radius 1 is 1.02 bits per heavy atom. The van der Waals surface area contributed by atoms with Crippen molar-refractivity contribution in [3.8, 4) is 16.9 Å². The first-order chi connectivity index (χ1) is 21.7. The number of carbonyl (C=O) groups excluding carboxylic acids is 2. The number of amides is 1. The molecule has 45 heavy (non-hydrogen) atoms. The average Bonchev–Trinajstić information content (AvgIpc) is 3.65. The van der Waals surface area contributed by atoms with Gasteiger partial charge in [0.25, 0.3) is 5.91 Å². The Morgan fingerprint density at radius 3 is 2.47 bits per heavy atom. The van der Waals surface area contributed by atoms with Gasteiger partial charge in [-0.05, 0) is 80.6 Å². The Kier molecular flexibility index (Phi) is 9.25. The van der Waals surface area contributed by atoms with Crippen molar-refractivity contribution >= 4 is 44.9 Å². The van der Waals surface area contributed by atoms with E-state index in [9.17, 15) is 18.0 Å². The second-order valence-electron chi connectivity index (χ2n) is 11.7. The fraction of sp³-hybridized carbons (Fsp3) is 0.394. The standard InChI is InChI=1S/C33H37N5O5S2/c1-3-43-32(40)24-14-16-36(17-15-24)33-34-31(39)29(44-33)21-26-22-38(27-9-5-4-6-10-27)35-30(26)25-8-7-11-28(20-25)45(41,42)37-18-12-23(2)13-19-37/h4-11,20-24H,3,12-19H2,1-2H3/b29-21-. The van der Waals surface area contributed by atoms with E-state index in [0.717, 1.165) is 18.5 Å². The topological polar surface area (TPSA) is 114 Å². The normalized spacial score (nSPS) is 19.7. The highest BCUT2D eigenvalue weighted by Gasteiger charge is 2.32. The van der Waals surface area contributed by atoms with Crippen molar-refractivity contribution in [2.75, 3.05) is 32.8 Å². The lowest BCUT2D eigenvalue weighted by molar-refractivity contribution is -0.149. The zero-order chi connectivity index (χ0) is 31.6. The molecule has 0 unspecified atom stereocenters. The van der Waals surface area contributed by atoms with E-state index in [4.69, 9.17) is 9.84 Å². The molecule has 2 saturated heterocycles. The van der Waals surface area contributed by atoms with Crippen LogP contribution in [0.3, 0.4) is 0 Å². The third kappa shape index (κ3) is 6.78. The van der Waals surface area contributed by atoms with Crippen LogP contribution in [0.4, 0.5) is 0 Å². The molecule has 10 nitrogen and oxygen atoms in total. The summed E-state index contributed by atoms with van der Waals surface area (Å²) < 4.78 is 35.7. The molecule has 1 aromatic heterocycles. The number of thioether (sulfide) groups is 1. The molecule has 3 aliphatic rings. The van der Waals surface area contributed by atoms with Gasteiger partial charge >= 0.3 is 5.97 Å². The van der Waals surface area contributed by atoms with Gasteiger partial charge in [-0.25, -0.2) is 13.1 Å². The molecule has 0 radical (unpaired) electrons. The number of nitrogens with zero attached hydrogens (tertiary/aromatic N) is 5. The number of rotatable bonds is 7. The number of esters is 1. The number of amidine groups is 1. The maximum absolute atomic E-state index is 13.6. The number of hydrogen-bond acceptors (Lipinski definition) is 8. The molecule has 6 rings (SSSR count). The number of piperidine rings is 2. The molecule has 0 N–H and O–H groups in total. The number of para-hydroxylation sites is 1. The van der Waals surface area contributed by atoms with Crippen LogP contribution < -0.4 is 0 Å². The van der Waals surface area contributed by atoms with E-state index in [1.807, 2.05) is 47.5 Å². The van der Waals surface area contributed by atoms with E-state index < -0.39 is 10.0 Å². The van der Waals surface area contributed by atoms with Crippen molar-refractivity contribution in [3.05, 3.63) is 71.3 Å². The van der Waals surface area contributed by atoms with Gasteiger partial charge in [-0.3, -0.25) is 9.59 Å². The minimum absolute atomic E-state index is 0.136. The van der Waals surface area contributed by atoms with Gasteiger partial charge in [0, 0.05) is 43.5 Å². The molecule has 0 saturated carbocycles. The number of hydrogen-bond donors (Lipinski definition) is 0. The van der Waals surface area contributed by atoms with E-state index in [0.29, 0.717) is 78.4 Å². The maximum Gasteiger partial charge on any atom is 0.309 e. The van der Waals surface area contributed by atoms with Gasteiger partial charge in [0.2, 0.25) is 10.0 Å². The smallest absolute Gasteiger partial charge is 0.309 e. The number of sulfonamides is 1. The lowest BCUT2D eigenvalue weighted by Crippen LogP contribution is -2.39. The van der Waals surface area contributed by atoms with Crippen LogP contribution in [0.1, 0.15) is 45.1 Å². The van der Waals surface area contributed by atoms with Gasteiger partial charge in [0.15, 0.2) is 5.17 Å². The van der Waals surface area contributed by atoms with Crippen LogP contribution in [0, 0.1) is 11.8 Å². The molecule has 2 fully saturated rings. The largest absolute Gasteiger partial charge is 0.466 e. The number of carbonyl (C=O) groups is 2. The van der Waals surface area contributed by atoms with Crippen molar-refractivity contribution in [3.63, 3.8) is 0 Å². The lowest BCUT2D eigenvalue weighted by Gasteiger charge is -2.31. The highest BCUT2D eigenvalue weighted by Crippen LogP contribution is 2.35. The van der Waals surface area contributed by atoms with Gasteiger partial charge in [-0.1, -0.05) is 37.3 Å². The second kappa shape index (κ2) is 13.3. The summed E-state index contributed by atoms with van der Waals surface area (Å²) in [6, 6.07) is 16.5. The van der Waals surface area contributed by atoms with Gasteiger partial charge in [-0.2, -0.15) is 14.4 Å². The van der Waals surface area contributed by atoms with Crippen molar-refractivity contribution in [2.24, 2.45) is 16.8 Å². The fourth-order valence-corrected chi connectivity index (χ4v) is 8.32. The van der Waals surface area contributed by atoms with Crippen LogP contribution in [0.2, 0.25) is 0 Å². The molecule has 3 aromatic rings. The molecule has 236 valence electrons. The average molecular weight is 648 g/mol. The quantitative estimate of drug-likeness (QED) is 0.254. The Balaban J connectivity index is 1.28. The van der Waals surface area contributed by atoms with Crippen LogP contribution >= 0.6 is 11.8 Å². The second-order valence-corrected chi connectivity index (χ2v) is 14.6. The molecule has 2 aromatic carbocycles. The first-order valence-corrected chi connectivity index (χ1v) is 17.7. The summed E-state index contributed by atoms with van der Waals surface area (Å²) in [5.74, 6) is -0.127. The van der Waals surface area contributed by atoms with Gasteiger partial charge in [0.05, 0.1) is 28.0 Å². The lowest BCUT2D eigenvalue weighted by atomic mass is 9.97. The van der Waals surface area contributed by atoms with Gasteiger partial charge in [0.1, 0.15) is 5.69 Å². The number of aromatic nitrogens is 2. The molecule has 0 spiro atoms. The highest BCUT2D eigenvalue weighted by molar-refractivity contribution is 8.18. The molecule has 1 amide bonds. The van der Waals surface area contributed by atoms with Crippen LogP contribution in [-0.4, -0.2) is 77.2 Å². The summed E-state index contributed by atoms with van der Waals surface area (Å²) in [7, 11) is -3.67. The van der Waals surface area contributed by atoms with Crippen molar-refractivity contribution in [1.29, 1.82) is 0 Å². The van der Waals surface area contributed by atoms with Crippen LogP contribution in [0.5, 0.6) is 0 Å². The van der Waals surface area contributed by atoms with Gasteiger partial charge in [-0.15, -0.1) is 0 Å². The molecule has 0 atom stereocenters. The number of likely N-dealkylation sites (tertiary alicyclic amines) is 1. The molecular formula is C33H37N5O5S2. The Bertz CT molecular complexity index is 1740. The van der Waals surface area contributed by atoms with Crippen molar-refractivity contribution in [1.82, 2.24) is 19.0 Å². The Labute approximate surface area is 268 Å². The number of benzene rings is 2. The third-order valence-electron chi connectivity index (χ3n) is 8.53. The van der Waals surface area contributed by atoms with Crippen LogP contribution in [0.25, 0.3) is 23.0 Å². The number of ether oxygens (including phenoxy) is 1. The molecule has 4 heterocycles. The van der Waals surface area contributed by atoms with Crippen molar-refractivity contribution in [2.45, 2.75) is 44.4 Å². The number of aliphatic imine (C=N–C) groups is 1. The minimum atomic E-state index is -3.67. The summed E-state index contributed by atoms with van der Waals surface area (Å²) in [6.45, 7) is 6.57. The Hall–Kier alpha value is -3.74. The minimum Gasteiger partial charge on any atom is -0.466 e. The molecular weight excluding hydrogens is 611 g/mol. The monoisotopic (exact) mass is 647 g/mol. The first kappa shape index (κ1) is 31.3. The summed E-state index contributed by atoms with van der Waals surface area (Å²) in [4.78, 5) is 32.3. The SMILES string of the molecule is CCOC(=O)C1CCN(C2=NC(=O)/C(=C/c3cn(-c4ccccc4)nc3-c3cccc(S(=O)(=O)N4CCC(C)CC4)c3)S2)CC1. The molecule has 12 heteroatoms.